The first kappa shape index (κ1) is 18.2. The van der Waals surface area contributed by atoms with Gasteiger partial charge in [0, 0.05) is 33.2 Å². The van der Waals surface area contributed by atoms with E-state index in [1.54, 1.807) is 19.2 Å². The smallest absolute Gasteiger partial charge is 0.271 e. The highest BCUT2D eigenvalue weighted by Crippen LogP contribution is 2.18. The van der Waals surface area contributed by atoms with Crippen molar-refractivity contribution in [3.05, 3.63) is 47.5 Å². The molecule has 0 bridgehead atoms. The van der Waals surface area contributed by atoms with Gasteiger partial charge in [0.25, 0.3) is 5.91 Å². The number of aliphatic hydroxyl groups is 1. The second-order valence-electron chi connectivity index (χ2n) is 5.84. The van der Waals surface area contributed by atoms with Crippen molar-refractivity contribution in [2.24, 2.45) is 5.10 Å². The third kappa shape index (κ3) is 5.18. The first-order valence-electron chi connectivity index (χ1n) is 8.26. The van der Waals surface area contributed by atoms with E-state index in [1.165, 1.54) is 11.1 Å². The lowest BCUT2D eigenvalue weighted by molar-refractivity contribution is -0.115. The minimum absolute atomic E-state index is 0.206. The van der Waals surface area contributed by atoms with E-state index in [9.17, 15) is 9.90 Å². The van der Waals surface area contributed by atoms with Crippen LogP contribution in [0.25, 0.3) is 0 Å². The molecule has 0 radical (unpaired) electrons. The Morgan fingerprint density at radius 3 is 2.88 bits per heavy atom. The van der Waals surface area contributed by atoms with Gasteiger partial charge in [0.1, 0.15) is 5.71 Å². The monoisotopic (exact) mass is 330 g/mol. The lowest BCUT2D eigenvalue weighted by Crippen LogP contribution is -2.43. The van der Waals surface area contributed by atoms with Crippen molar-refractivity contribution in [1.29, 1.82) is 0 Å². The molecule has 1 aliphatic heterocycles. The first-order valence-corrected chi connectivity index (χ1v) is 8.26. The van der Waals surface area contributed by atoms with E-state index in [1.807, 2.05) is 13.0 Å². The molecule has 1 aromatic rings. The maximum absolute atomic E-state index is 12.0. The zero-order valence-electron chi connectivity index (χ0n) is 14.3. The van der Waals surface area contributed by atoms with Crippen molar-refractivity contribution in [1.82, 2.24) is 15.6 Å². The Kier molecular flexibility index (Phi) is 6.96. The van der Waals surface area contributed by atoms with Crippen LogP contribution in [-0.2, 0) is 17.8 Å². The second kappa shape index (κ2) is 9.20. The van der Waals surface area contributed by atoms with Gasteiger partial charge in [-0.25, -0.2) is 0 Å². The molecule has 1 heterocycles. The van der Waals surface area contributed by atoms with Gasteiger partial charge in [-0.2, -0.15) is 5.10 Å². The molecule has 0 spiro atoms. The maximum Gasteiger partial charge on any atom is 0.271 e. The van der Waals surface area contributed by atoms with Crippen LogP contribution >= 0.6 is 0 Å². The standard InChI is InChI=1S/C18H26N4O2/c1-3-6-17(21-19-2)18(24)20-11-16(23)13-22-10-9-14-7-4-5-8-15(14)12-22/h3-8,16,19,23H,9-13H2,1-2H3,(H,20,24)/b6-3-,21-17+/t16-/m1/s1. The number of amides is 1. The Morgan fingerprint density at radius 2 is 2.17 bits per heavy atom. The molecular formula is C18H26N4O2. The number of β-amino-alcohol motifs (C(OH)–C–C–N with tert-alkyl or cyclic N) is 1. The number of benzene rings is 1. The average Bonchev–Trinajstić information content (AvgIpc) is 2.59. The van der Waals surface area contributed by atoms with Crippen LogP contribution in [0.5, 0.6) is 0 Å². The van der Waals surface area contributed by atoms with Crippen LogP contribution in [0.4, 0.5) is 0 Å². The summed E-state index contributed by atoms with van der Waals surface area (Å²) >= 11 is 0. The molecule has 0 saturated carbocycles. The lowest BCUT2D eigenvalue weighted by atomic mass is 10.00. The second-order valence-corrected chi connectivity index (χ2v) is 5.84. The summed E-state index contributed by atoms with van der Waals surface area (Å²) in [4.78, 5) is 14.2. The topological polar surface area (TPSA) is 77.0 Å². The number of nitrogens with one attached hydrogen (secondary N) is 2. The third-order valence-corrected chi connectivity index (χ3v) is 3.97. The zero-order valence-corrected chi connectivity index (χ0v) is 14.3. The van der Waals surface area contributed by atoms with E-state index in [-0.39, 0.29) is 12.5 Å². The van der Waals surface area contributed by atoms with Gasteiger partial charge in [0.05, 0.1) is 6.10 Å². The van der Waals surface area contributed by atoms with Gasteiger partial charge < -0.3 is 15.8 Å². The van der Waals surface area contributed by atoms with Crippen molar-refractivity contribution in [2.75, 3.05) is 26.7 Å². The number of aliphatic hydroxyl groups excluding tert-OH is 1. The Morgan fingerprint density at radius 1 is 1.42 bits per heavy atom. The number of carbonyl (C=O) groups excluding carboxylic acids is 1. The summed E-state index contributed by atoms with van der Waals surface area (Å²) in [6.07, 6.45) is 3.76. The molecule has 0 fully saturated rings. The van der Waals surface area contributed by atoms with E-state index in [4.69, 9.17) is 0 Å². The summed E-state index contributed by atoms with van der Waals surface area (Å²) in [7, 11) is 1.64. The van der Waals surface area contributed by atoms with E-state index in [0.29, 0.717) is 12.3 Å². The predicted octanol–water partition coefficient (Wildman–Crippen LogP) is 0.673. The van der Waals surface area contributed by atoms with E-state index in [2.05, 4.69) is 38.9 Å². The Hall–Kier alpha value is -2.18. The minimum atomic E-state index is -0.611. The molecule has 1 aromatic carbocycles. The fourth-order valence-electron chi connectivity index (χ4n) is 2.82. The summed E-state index contributed by atoms with van der Waals surface area (Å²) in [5.74, 6) is -0.300. The summed E-state index contributed by atoms with van der Waals surface area (Å²) in [5.41, 5.74) is 5.59. The van der Waals surface area contributed by atoms with Crippen molar-refractivity contribution in [3.63, 3.8) is 0 Å². The van der Waals surface area contributed by atoms with Crippen molar-refractivity contribution < 1.29 is 9.90 Å². The third-order valence-electron chi connectivity index (χ3n) is 3.97. The summed E-state index contributed by atoms with van der Waals surface area (Å²) in [6.45, 7) is 4.33. The fourth-order valence-corrected chi connectivity index (χ4v) is 2.82. The van der Waals surface area contributed by atoms with Gasteiger partial charge in [0.15, 0.2) is 0 Å². The lowest BCUT2D eigenvalue weighted by Gasteiger charge is -2.30. The van der Waals surface area contributed by atoms with Crippen LogP contribution in [0.3, 0.4) is 0 Å². The van der Waals surface area contributed by atoms with Crippen LogP contribution in [0.15, 0.2) is 41.5 Å². The van der Waals surface area contributed by atoms with Gasteiger partial charge in [-0.1, -0.05) is 30.3 Å². The molecule has 0 aromatic heterocycles. The number of hydrogen-bond acceptors (Lipinski definition) is 5. The van der Waals surface area contributed by atoms with Gasteiger partial charge >= 0.3 is 0 Å². The first-order chi connectivity index (χ1) is 11.6. The molecule has 6 heteroatoms. The van der Waals surface area contributed by atoms with Crippen molar-refractivity contribution in [2.45, 2.75) is 26.0 Å². The normalized spacial score (nSPS) is 16.7. The minimum Gasteiger partial charge on any atom is -0.390 e. The van der Waals surface area contributed by atoms with Crippen LogP contribution in [0, 0.1) is 0 Å². The summed E-state index contributed by atoms with van der Waals surface area (Å²) in [6, 6.07) is 8.40. The average molecular weight is 330 g/mol. The van der Waals surface area contributed by atoms with Gasteiger partial charge in [-0.05, 0) is 30.5 Å². The van der Waals surface area contributed by atoms with Crippen LogP contribution in [0.2, 0.25) is 0 Å². The molecule has 1 atom stereocenters. The molecule has 0 aliphatic carbocycles. The maximum atomic E-state index is 12.0. The molecular weight excluding hydrogens is 304 g/mol. The van der Waals surface area contributed by atoms with Crippen LogP contribution in [-0.4, -0.2) is 54.4 Å². The highest BCUT2D eigenvalue weighted by molar-refractivity contribution is 6.43. The van der Waals surface area contributed by atoms with E-state index >= 15 is 0 Å². The molecule has 2 rings (SSSR count). The fraction of sp³-hybridized carbons (Fsp3) is 0.444. The van der Waals surface area contributed by atoms with Crippen molar-refractivity contribution >= 4 is 11.6 Å². The highest BCUT2D eigenvalue weighted by Gasteiger charge is 2.19. The number of hydrogen-bond donors (Lipinski definition) is 3. The molecule has 3 N–H and O–H groups in total. The molecule has 6 nitrogen and oxygen atoms in total. The Labute approximate surface area is 143 Å². The Balaban J connectivity index is 1.80. The highest BCUT2D eigenvalue weighted by atomic mass is 16.3. The molecule has 24 heavy (non-hydrogen) atoms. The quantitative estimate of drug-likeness (QED) is 0.507. The largest absolute Gasteiger partial charge is 0.390 e. The number of rotatable bonds is 7. The Bertz CT molecular complexity index is 613. The number of carbonyl (C=O) groups is 1. The number of allylic oxidation sites excluding steroid dienone is 1. The summed E-state index contributed by atoms with van der Waals surface area (Å²) in [5, 5.41) is 16.8. The summed E-state index contributed by atoms with van der Waals surface area (Å²) < 4.78 is 0. The van der Waals surface area contributed by atoms with Crippen molar-refractivity contribution in [3.8, 4) is 0 Å². The van der Waals surface area contributed by atoms with Gasteiger partial charge in [0.2, 0.25) is 0 Å². The van der Waals surface area contributed by atoms with E-state index in [0.717, 1.165) is 19.5 Å². The molecule has 0 saturated heterocycles. The predicted molar refractivity (Wildman–Crippen MR) is 95.7 cm³/mol. The number of fused-ring (bicyclic) bond motifs is 1. The zero-order chi connectivity index (χ0) is 17.4. The molecule has 0 unspecified atom stereocenters. The van der Waals surface area contributed by atoms with Gasteiger partial charge in [-0.3, -0.25) is 9.69 Å². The van der Waals surface area contributed by atoms with Crippen LogP contribution in [0.1, 0.15) is 18.1 Å². The van der Waals surface area contributed by atoms with Crippen LogP contribution < -0.4 is 10.7 Å². The molecule has 130 valence electrons. The number of hydrazone groups is 1. The molecule has 1 aliphatic rings. The van der Waals surface area contributed by atoms with E-state index < -0.39 is 6.10 Å². The van der Waals surface area contributed by atoms with Gasteiger partial charge in [-0.15, -0.1) is 0 Å². The molecule has 1 amide bonds. The SMILES string of the molecule is C/C=C\C(=N/NC)C(=O)NC[C@@H](O)CN1CCc2ccccc2C1. The number of nitrogens with zero attached hydrogens (tertiary/aromatic N) is 2.